The molecule has 0 bridgehead atoms. The maximum Gasteiger partial charge on any atom is 0.155 e. The molecular formula is C67H45N3O. The second-order valence-electron chi connectivity index (χ2n) is 20.2. The highest BCUT2D eigenvalue weighted by Gasteiger charge is 2.46. The molecule has 1 aliphatic heterocycles. The molecule has 1 fully saturated rings. The van der Waals surface area contributed by atoms with Crippen molar-refractivity contribution in [3.63, 3.8) is 0 Å². The summed E-state index contributed by atoms with van der Waals surface area (Å²) in [6, 6.07) is 76.1. The molecule has 11 aromatic carbocycles. The highest BCUT2D eigenvalue weighted by molar-refractivity contribution is 6.25. The van der Waals surface area contributed by atoms with Crippen LogP contribution >= 0.6 is 0 Å². The predicted octanol–water partition coefficient (Wildman–Crippen LogP) is 17.6. The van der Waals surface area contributed by atoms with Crippen molar-refractivity contribution in [2.75, 3.05) is 0 Å². The summed E-state index contributed by atoms with van der Waals surface area (Å²) in [5.74, 6) is 1.85. The average molecular weight is 908 g/mol. The first-order chi connectivity index (χ1) is 35.1. The SMILES string of the molecule is CCC1C(c2ccc3c(c2)C2CC2c2ccccc2-3)=NC(c2ccc3ccccc3c2)=NC1c1ccc2oc3c4ccccc4ccc3c2c1-n1c2cc3ccccc3cc2c2c3ccccc3ccc21. The van der Waals surface area contributed by atoms with Crippen molar-refractivity contribution in [2.45, 2.75) is 37.6 Å². The third-order valence-electron chi connectivity index (χ3n) is 16.5. The second-order valence-corrected chi connectivity index (χ2v) is 20.2. The standard InChI is InChI=1S/C67H45N3O/c1-2-46-63(44-26-28-51-49-21-11-12-22-50(49)55-37-56(55)54(51)35-44)68-67(45-24-23-38-13-3-4-16-41(38)33-45)69-64(46)53-30-32-60-62(52-29-25-40-15-8-10-20-48(40)66(52)71-60)65(53)70-58-31-27-39-14-7-9-19-47(39)61(58)57-34-42-17-5-6-18-43(42)36-59(57)70/h3-36,46,55-56,64H,2,37H2,1H3. The highest BCUT2D eigenvalue weighted by atomic mass is 16.3. The van der Waals surface area contributed by atoms with Crippen LogP contribution in [0.4, 0.5) is 0 Å². The minimum Gasteiger partial charge on any atom is -0.455 e. The second kappa shape index (κ2) is 14.7. The van der Waals surface area contributed by atoms with Crippen molar-refractivity contribution >= 4 is 98.4 Å². The normalized spacial score (nSPS) is 18.4. The third kappa shape index (κ3) is 5.67. The van der Waals surface area contributed by atoms with Gasteiger partial charge in [0.2, 0.25) is 0 Å². The van der Waals surface area contributed by atoms with Gasteiger partial charge in [-0.1, -0.05) is 171 Å². The van der Waals surface area contributed by atoms with Crippen molar-refractivity contribution in [3.05, 3.63) is 234 Å². The predicted molar refractivity (Wildman–Crippen MR) is 296 cm³/mol. The van der Waals surface area contributed by atoms with Crippen molar-refractivity contribution in [1.29, 1.82) is 0 Å². The van der Waals surface area contributed by atoms with Gasteiger partial charge in [0.05, 0.1) is 33.9 Å². The molecule has 16 rings (SSSR count). The molecule has 334 valence electrons. The van der Waals surface area contributed by atoms with Gasteiger partial charge in [-0.05, 0) is 133 Å². The average Bonchev–Trinajstić information content (AvgIpc) is 4.07. The van der Waals surface area contributed by atoms with Gasteiger partial charge >= 0.3 is 0 Å². The molecule has 2 aliphatic carbocycles. The fourth-order valence-electron chi connectivity index (χ4n) is 13.1. The largest absolute Gasteiger partial charge is 0.455 e. The fourth-order valence-corrected chi connectivity index (χ4v) is 13.1. The van der Waals surface area contributed by atoms with Crippen LogP contribution in [-0.2, 0) is 0 Å². The van der Waals surface area contributed by atoms with E-state index in [1.165, 1.54) is 77.3 Å². The van der Waals surface area contributed by atoms with Crippen LogP contribution in [0.3, 0.4) is 0 Å². The number of aliphatic imine (C=N–C) groups is 2. The maximum absolute atomic E-state index is 7.11. The van der Waals surface area contributed by atoms with Crippen molar-refractivity contribution in [2.24, 2.45) is 15.9 Å². The summed E-state index contributed by atoms with van der Waals surface area (Å²) in [7, 11) is 0. The summed E-state index contributed by atoms with van der Waals surface area (Å²) in [6.07, 6.45) is 2.05. The number of nitrogens with zero attached hydrogens (tertiary/aromatic N) is 3. The van der Waals surface area contributed by atoms with E-state index in [1.807, 2.05) is 0 Å². The zero-order valence-corrected chi connectivity index (χ0v) is 39.1. The number of benzene rings is 11. The van der Waals surface area contributed by atoms with E-state index in [-0.39, 0.29) is 12.0 Å². The highest BCUT2D eigenvalue weighted by Crippen LogP contribution is 2.62. The molecule has 4 heteroatoms. The van der Waals surface area contributed by atoms with Crippen molar-refractivity contribution in [1.82, 2.24) is 4.57 Å². The van der Waals surface area contributed by atoms with E-state index in [4.69, 9.17) is 14.4 Å². The quantitative estimate of drug-likeness (QED) is 0.170. The van der Waals surface area contributed by atoms with Gasteiger partial charge in [-0.25, -0.2) is 4.99 Å². The number of amidine groups is 1. The van der Waals surface area contributed by atoms with Crippen LogP contribution in [0, 0.1) is 5.92 Å². The van der Waals surface area contributed by atoms with E-state index in [1.54, 1.807) is 0 Å². The Morgan fingerprint density at radius 3 is 1.99 bits per heavy atom. The van der Waals surface area contributed by atoms with Crippen LogP contribution in [0.2, 0.25) is 0 Å². The number of fused-ring (bicyclic) bond motifs is 18. The summed E-state index contributed by atoms with van der Waals surface area (Å²) in [6.45, 7) is 2.33. The molecule has 71 heavy (non-hydrogen) atoms. The summed E-state index contributed by atoms with van der Waals surface area (Å²) in [5, 5.41) is 14.2. The Kier molecular flexibility index (Phi) is 8.14. The van der Waals surface area contributed by atoms with E-state index < -0.39 is 0 Å². The first-order valence-corrected chi connectivity index (χ1v) is 25.3. The van der Waals surface area contributed by atoms with Crippen LogP contribution in [-0.4, -0.2) is 16.1 Å². The molecule has 0 radical (unpaired) electrons. The van der Waals surface area contributed by atoms with E-state index in [0.29, 0.717) is 11.8 Å². The molecule has 3 aliphatic rings. The zero-order chi connectivity index (χ0) is 46.5. The van der Waals surface area contributed by atoms with Crippen LogP contribution < -0.4 is 0 Å². The van der Waals surface area contributed by atoms with E-state index in [2.05, 4.69) is 218 Å². The topological polar surface area (TPSA) is 42.8 Å². The van der Waals surface area contributed by atoms with Gasteiger partial charge in [0.1, 0.15) is 11.2 Å². The lowest BCUT2D eigenvalue weighted by molar-refractivity contribution is 0.531. The summed E-state index contributed by atoms with van der Waals surface area (Å²) in [5.41, 5.74) is 15.4. The van der Waals surface area contributed by atoms with Gasteiger partial charge in [-0.15, -0.1) is 0 Å². The zero-order valence-electron chi connectivity index (χ0n) is 39.1. The number of aromatic nitrogens is 1. The fraction of sp³-hybridized carbons (Fsp3) is 0.104. The number of hydrogen-bond acceptors (Lipinski definition) is 3. The number of rotatable bonds is 5. The van der Waals surface area contributed by atoms with Gasteiger partial charge in [0.25, 0.3) is 0 Å². The molecule has 2 aromatic heterocycles. The smallest absolute Gasteiger partial charge is 0.155 e. The first kappa shape index (κ1) is 39.3. The Balaban J connectivity index is 1.02. The van der Waals surface area contributed by atoms with Gasteiger partial charge in [0.15, 0.2) is 5.84 Å². The Bertz CT molecular complexity index is 4530. The third-order valence-corrected chi connectivity index (χ3v) is 16.5. The molecule has 4 unspecified atom stereocenters. The van der Waals surface area contributed by atoms with Crippen molar-refractivity contribution in [3.8, 4) is 16.8 Å². The molecule has 13 aromatic rings. The lowest BCUT2D eigenvalue weighted by atomic mass is 9.79. The number of hydrogen-bond donors (Lipinski definition) is 0. The van der Waals surface area contributed by atoms with E-state index >= 15 is 0 Å². The molecule has 0 saturated heterocycles. The number of furan rings is 1. The Labute approximate surface area is 409 Å². The van der Waals surface area contributed by atoms with Gasteiger partial charge in [-0.3, -0.25) is 4.99 Å². The molecule has 4 nitrogen and oxygen atoms in total. The van der Waals surface area contributed by atoms with Crippen LogP contribution in [0.25, 0.3) is 104 Å². The maximum atomic E-state index is 7.11. The molecule has 0 spiro atoms. The van der Waals surface area contributed by atoms with E-state index in [9.17, 15) is 0 Å². The summed E-state index contributed by atoms with van der Waals surface area (Å²) >= 11 is 0. The molecule has 1 saturated carbocycles. The minimum atomic E-state index is -0.294. The van der Waals surface area contributed by atoms with Crippen LogP contribution in [0.5, 0.6) is 0 Å². The van der Waals surface area contributed by atoms with E-state index in [0.717, 1.165) is 78.5 Å². The van der Waals surface area contributed by atoms with Gasteiger partial charge in [-0.2, -0.15) is 0 Å². The van der Waals surface area contributed by atoms with Gasteiger partial charge in [0, 0.05) is 38.6 Å². The molecule has 4 atom stereocenters. The molecule has 3 heterocycles. The monoisotopic (exact) mass is 907 g/mol. The first-order valence-electron chi connectivity index (χ1n) is 25.3. The summed E-state index contributed by atoms with van der Waals surface area (Å²) in [4.78, 5) is 11.7. The lowest BCUT2D eigenvalue weighted by Crippen LogP contribution is -2.29. The molecule has 0 N–H and O–H groups in total. The van der Waals surface area contributed by atoms with Crippen LogP contribution in [0.1, 0.15) is 65.5 Å². The Morgan fingerprint density at radius 2 is 1.14 bits per heavy atom. The summed E-state index contributed by atoms with van der Waals surface area (Å²) < 4.78 is 9.67. The van der Waals surface area contributed by atoms with Crippen LogP contribution in [0.15, 0.2) is 221 Å². The molecule has 0 amide bonds. The Hall–Kier alpha value is -8.60. The molecular weight excluding hydrogens is 863 g/mol. The van der Waals surface area contributed by atoms with Crippen molar-refractivity contribution < 1.29 is 4.42 Å². The lowest BCUT2D eigenvalue weighted by Gasteiger charge is -2.32. The van der Waals surface area contributed by atoms with Gasteiger partial charge < -0.3 is 8.98 Å². The minimum absolute atomic E-state index is 0.0342. The Morgan fingerprint density at radius 1 is 0.479 bits per heavy atom.